The molecule has 2 N–H and O–H groups in total. The van der Waals surface area contributed by atoms with E-state index in [9.17, 15) is 0 Å². The Bertz CT molecular complexity index is 846. The van der Waals surface area contributed by atoms with Crippen molar-refractivity contribution in [1.29, 1.82) is 0 Å². The van der Waals surface area contributed by atoms with Gasteiger partial charge in [0.25, 0.3) is 0 Å². The van der Waals surface area contributed by atoms with Crippen LogP contribution in [0.25, 0.3) is 11.5 Å². The number of oxazole rings is 1. The summed E-state index contributed by atoms with van der Waals surface area (Å²) in [6.07, 6.45) is 1.67. The molecule has 0 aliphatic heterocycles. The summed E-state index contributed by atoms with van der Waals surface area (Å²) in [7, 11) is 1.76. The van der Waals surface area contributed by atoms with E-state index in [1.165, 1.54) is 11.1 Å². The van der Waals surface area contributed by atoms with Gasteiger partial charge in [0.2, 0.25) is 5.89 Å². The highest BCUT2D eigenvalue weighted by atomic mass is 127. The molecule has 26 heavy (non-hydrogen) atoms. The van der Waals surface area contributed by atoms with Gasteiger partial charge in [0.15, 0.2) is 5.96 Å². The maximum atomic E-state index is 5.55. The third-order valence-corrected chi connectivity index (χ3v) is 3.94. The van der Waals surface area contributed by atoms with E-state index in [1.807, 2.05) is 42.5 Å². The highest BCUT2D eigenvalue weighted by molar-refractivity contribution is 14.0. The van der Waals surface area contributed by atoms with Crippen LogP contribution >= 0.6 is 24.0 Å². The second-order valence-corrected chi connectivity index (χ2v) is 5.72. The summed E-state index contributed by atoms with van der Waals surface area (Å²) in [5.41, 5.74) is 4.31. The summed E-state index contributed by atoms with van der Waals surface area (Å²) in [5.74, 6) is 1.35. The van der Waals surface area contributed by atoms with Crippen LogP contribution in [0, 0.1) is 6.92 Å². The van der Waals surface area contributed by atoms with Crippen molar-refractivity contribution in [2.45, 2.75) is 20.0 Å². The average molecular weight is 462 g/mol. The zero-order chi connectivity index (χ0) is 17.5. The summed E-state index contributed by atoms with van der Waals surface area (Å²) < 4.78 is 5.55. The smallest absolute Gasteiger partial charge is 0.226 e. The van der Waals surface area contributed by atoms with Crippen molar-refractivity contribution in [3.05, 3.63) is 77.7 Å². The van der Waals surface area contributed by atoms with Crippen molar-refractivity contribution in [3.8, 4) is 11.5 Å². The summed E-state index contributed by atoms with van der Waals surface area (Å²) in [4.78, 5) is 8.76. The Hall–Kier alpha value is -2.35. The minimum atomic E-state index is 0. The van der Waals surface area contributed by atoms with Crippen LogP contribution < -0.4 is 10.6 Å². The lowest BCUT2D eigenvalue weighted by Crippen LogP contribution is -2.36. The van der Waals surface area contributed by atoms with Crippen molar-refractivity contribution in [1.82, 2.24) is 15.6 Å². The standard InChI is InChI=1S/C20H22N4O.HI/c1-15-8-6-7-11-17(15)12-22-20(21-2)23-13-18-14-25-19(24-18)16-9-4-3-5-10-16;/h3-11,14H,12-13H2,1-2H3,(H2,21,22,23);1H. The molecule has 1 aromatic heterocycles. The first-order valence-corrected chi connectivity index (χ1v) is 8.25. The van der Waals surface area contributed by atoms with Gasteiger partial charge in [-0.05, 0) is 30.2 Å². The normalized spacial score (nSPS) is 10.9. The third-order valence-electron chi connectivity index (χ3n) is 3.94. The SMILES string of the molecule is CN=C(NCc1coc(-c2ccccc2)n1)NCc1ccccc1C.I. The van der Waals surface area contributed by atoms with Gasteiger partial charge >= 0.3 is 0 Å². The molecule has 0 saturated heterocycles. The van der Waals surface area contributed by atoms with E-state index < -0.39 is 0 Å². The lowest BCUT2D eigenvalue weighted by Gasteiger charge is -2.12. The quantitative estimate of drug-likeness (QED) is 0.340. The van der Waals surface area contributed by atoms with E-state index in [4.69, 9.17) is 4.42 Å². The van der Waals surface area contributed by atoms with Gasteiger partial charge in [-0.2, -0.15) is 0 Å². The van der Waals surface area contributed by atoms with Crippen LogP contribution in [0.3, 0.4) is 0 Å². The molecule has 0 spiro atoms. The molecule has 0 aliphatic rings. The molecule has 136 valence electrons. The van der Waals surface area contributed by atoms with Crippen LogP contribution in [0.1, 0.15) is 16.8 Å². The predicted molar refractivity (Wildman–Crippen MR) is 116 cm³/mol. The maximum absolute atomic E-state index is 5.55. The minimum absolute atomic E-state index is 0. The Kier molecular flexibility index (Phi) is 7.65. The van der Waals surface area contributed by atoms with Crippen molar-refractivity contribution in [3.63, 3.8) is 0 Å². The zero-order valence-electron chi connectivity index (χ0n) is 14.9. The highest BCUT2D eigenvalue weighted by Gasteiger charge is 2.07. The van der Waals surface area contributed by atoms with Crippen LogP contribution in [0.5, 0.6) is 0 Å². The molecule has 0 atom stereocenters. The summed E-state index contributed by atoms with van der Waals surface area (Å²) in [6, 6.07) is 18.2. The maximum Gasteiger partial charge on any atom is 0.226 e. The molecule has 0 aliphatic carbocycles. The average Bonchev–Trinajstić information content (AvgIpc) is 3.13. The molecule has 3 aromatic rings. The van der Waals surface area contributed by atoms with Crippen molar-refractivity contribution < 1.29 is 4.42 Å². The Labute approximate surface area is 171 Å². The van der Waals surface area contributed by atoms with Gasteiger partial charge in [0.1, 0.15) is 6.26 Å². The number of rotatable bonds is 5. The van der Waals surface area contributed by atoms with Gasteiger partial charge in [-0.1, -0.05) is 42.5 Å². The second kappa shape index (κ2) is 9.96. The summed E-state index contributed by atoms with van der Waals surface area (Å²) in [5, 5.41) is 6.57. The number of hydrogen-bond donors (Lipinski definition) is 2. The fourth-order valence-electron chi connectivity index (χ4n) is 2.48. The molecular weight excluding hydrogens is 439 g/mol. The highest BCUT2D eigenvalue weighted by Crippen LogP contribution is 2.17. The van der Waals surface area contributed by atoms with Crippen LogP contribution in [-0.4, -0.2) is 18.0 Å². The number of aryl methyl sites for hydroxylation is 1. The molecule has 0 unspecified atom stereocenters. The van der Waals surface area contributed by atoms with E-state index in [0.29, 0.717) is 12.4 Å². The molecule has 0 radical (unpaired) electrons. The Balaban J connectivity index is 0.00000243. The number of aromatic nitrogens is 1. The molecule has 0 saturated carbocycles. The first kappa shape index (κ1) is 20.0. The molecule has 6 heteroatoms. The lowest BCUT2D eigenvalue weighted by molar-refractivity contribution is 0.572. The van der Waals surface area contributed by atoms with Gasteiger partial charge in [0.05, 0.1) is 12.2 Å². The molecule has 2 aromatic carbocycles. The molecular formula is C20H23IN4O. The van der Waals surface area contributed by atoms with Crippen LogP contribution in [-0.2, 0) is 13.1 Å². The molecule has 5 nitrogen and oxygen atoms in total. The molecule has 1 heterocycles. The van der Waals surface area contributed by atoms with Crippen molar-refractivity contribution in [2.24, 2.45) is 4.99 Å². The topological polar surface area (TPSA) is 62.5 Å². The van der Waals surface area contributed by atoms with Crippen LogP contribution in [0.15, 0.2) is 70.3 Å². The van der Waals surface area contributed by atoms with E-state index >= 15 is 0 Å². The number of nitrogens with one attached hydrogen (secondary N) is 2. The van der Waals surface area contributed by atoms with Crippen molar-refractivity contribution in [2.75, 3.05) is 7.05 Å². The Morgan fingerprint density at radius 2 is 1.69 bits per heavy atom. The zero-order valence-corrected chi connectivity index (χ0v) is 17.2. The van der Waals surface area contributed by atoms with Crippen LogP contribution in [0.4, 0.5) is 0 Å². The number of aliphatic imine (C=N–C) groups is 1. The molecule has 0 amide bonds. The number of guanidine groups is 1. The number of halogens is 1. The van der Waals surface area contributed by atoms with E-state index in [2.05, 4.69) is 39.7 Å². The number of nitrogens with zero attached hydrogens (tertiary/aromatic N) is 2. The number of hydrogen-bond acceptors (Lipinski definition) is 3. The van der Waals surface area contributed by atoms with Gasteiger partial charge in [0, 0.05) is 19.2 Å². The minimum Gasteiger partial charge on any atom is -0.444 e. The Morgan fingerprint density at radius 1 is 1.00 bits per heavy atom. The Morgan fingerprint density at radius 3 is 2.42 bits per heavy atom. The molecule has 3 rings (SSSR count). The molecule has 0 bridgehead atoms. The van der Waals surface area contributed by atoms with Gasteiger partial charge in [-0.15, -0.1) is 24.0 Å². The van der Waals surface area contributed by atoms with Gasteiger partial charge in [-0.3, -0.25) is 4.99 Å². The fourth-order valence-corrected chi connectivity index (χ4v) is 2.48. The second-order valence-electron chi connectivity index (χ2n) is 5.72. The fraction of sp³-hybridized carbons (Fsp3) is 0.200. The molecule has 0 fully saturated rings. The summed E-state index contributed by atoms with van der Waals surface area (Å²) >= 11 is 0. The van der Waals surface area contributed by atoms with Gasteiger partial charge < -0.3 is 15.1 Å². The largest absolute Gasteiger partial charge is 0.444 e. The van der Waals surface area contributed by atoms with E-state index in [0.717, 1.165) is 23.8 Å². The van der Waals surface area contributed by atoms with E-state index in [1.54, 1.807) is 13.3 Å². The first-order chi connectivity index (χ1) is 12.3. The van der Waals surface area contributed by atoms with E-state index in [-0.39, 0.29) is 24.0 Å². The summed E-state index contributed by atoms with van der Waals surface area (Å²) in [6.45, 7) is 3.37. The van der Waals surface area contributed by atoms with Crippen LogP contribution in [0.2, 0.25) is 0 Å². The lowest BCUT2D eigenvalue weighted by atomic mass is 10.1. The number of benzene rings is 2. The monoisotopic (exact) mass is 462 g/mol. The van der Waals surface area contributed by atoms with Gasteiger partial charge in [-0.25, -0.2) is 4.98 Å². The first-order valence-electron chi connectivity index (χ1n) is 8.25. The third kappa shape index (κ3) is 5.32. The van der Waals surface area contributed by atoms with Crippen molar-refractivity contribution >= 4 is 29.9 Å². The predicted octanol–water partition coefficient (Wildman–Crippen LogP) is 4.13.